The van der Waals surface area contributed by atoms with Gasteiger partial charge in [0.05, 0.1) is 0 Å². The van der Waals surface area contributed by atoms with Crippen LogP contribution in [0.3, 0.4) is 0 Å². The molecule has 0 aromatic rings. The molecule has 1 rings (SSSR count). The molecule has 0 fully saturated rings. The fourth-order valence-corrected chi connectivity index (χ4v) is 3.53. The maximum atomic E-state index is 11.9. The van der Waals surface area contributed by atoms with Gasteiger partial charge < -0.3 is 5.32 Å². The first kappa shape index (κ1) is 23.9. The van der Waals surface area contributed by atoms with Gasteiger partial charge in [-0.05, 0) is 69.6 Å². The van der Waals surface area contributed by atoms with E-state index in [2.05, 4.69) is 51.2 Å². The first-order chi connectivity index (χ1) is 13.2. The molecule has 0 atom stereocenters. The molecule has 3 nitrogen and oxygen atoms in total. The molecule has 1 amide bonds. The zero-order valence-electron chi connectivity index (χ0n) is 18.5. The van der Waals surface area contributed by atoms with Crippen molar-refractivity contribution < 1.29 is 9.59 Å². The molecular weight excluding hydrogens is 346 g/mol. The van der Waals surface area contributed by atoms with Crippen LogP contribution in [0.5, 0.6) is 0 Å². The molecule has 0 unspecified atom stereocenters. The van der Waals surface area contributed by atoms with E-state index in [1.54, 1.807) is 6.08 Å². The van der Waals surface area contributed by atoms with Crippen molar-refractivity contribution >= 4 is 11.7 Å². The maximum Gasteiger partial charge on any atom is 0.220 e. The van der Waals surface area contributed by atoms with Crippen LogP contribution in [-0.4, -0.2) is 18.2 Å². The van der Waals surface area contributed by atoms with E-state index in [1.165, 1.54) is 36.0 Å². The summed E-state index contributed by atoms with van der Waals surface area (Å²) in [5, 5.41) is 2.70. The molecule has 0 saturated carbocycles. The molecule has 0 spiro atoms. The summed E-state index contributed by atoms with van der Waals surface area (Å²) in [6, 6.07) is 0. The van der Waals surface area contributed by atoms with Crippen LogP contribution in [0.4, 0.5) is 0 Å². The lowest BCUT2D eigenvalue weighted by Crippen LogP contribution is -2.22. The second kappa shape index (κ2) is 11.6. The summed E-state index contributed by atoms with van der Waals surface area (Å²) < 4.78 is 0. The predicted molar refractivity (Wildman–Crippen MR) is 119 cm³/mol. The first-order valence-electron chi connectivity index (χ1n) is 10.4. The Hall–Kier alpha value is -2.16. The average molecular weight is 384 g/mol. The van der Waals surface area contributed by atoms with Crippen LogP contribution in [0, 0.1) is 5.41 Å². The van der Waals surface area contributed by atoms with Crippen LogP contribution in [0.1, 0.15) is 73.6 Å². The first-order valence-corrected chi connectivity index (χ1v) is 10.4. The van der Waals surface area contributed by atoms with Crippen molar-refractivity contribution in [2.24, 2.45) is 5.41 Å². The number of allylic oxidation sites excluding steroid dienone is 10. The Bertz CT molecular complexity index is 715. The predicted octanol–water partition coefficient (Wildman–Crippen LogP) is 6.00. The number of carbonyl (C=O) groups is 2. The Morgan fingerprint density at radius 3 is 2.46 bits per heavy atom. The fraction of sp³-hybridized carbons (Fsp3) is 0.520. The second-order valence-electron chi connectivity index (χ2n) is 8.34. The summed E-state index contributed by atoms with van der Waals surface area (Å²) in [5.41, 5.74) is 5.28. The van der Waals surface area contributed by atoms with Gasteiger partial charge in [-0.2, -0.15) is 0 Å². The van der Waals surface area contributed by atoms with Crippen LogP contribution in [0.15, 0.2) is 58.7 Å². The summed E-state index contributed by atoms with van der Waals surface area (Å²) in [6.45, 7) is 13.3. The molecule has 0 heterocycles. The van der Waals surface area contributed by atoms with Gasteiger partial charge >= 0.3 is 0 Å². The molecule has 1 N–H and O–H groups in total. The summed E-state index contributed by atoms with van der Waals surface area (Å²) in [7, 11) is 0. The van der Waals surface area contributed by atoms with Crippen molar-refractivity contribution in [3.8, 4) is 0 Å². The smallest absolute Gasteiger partial charge is 0.220 e. The Labute approximate surface area is 171 Å². The topological polar surface area (TPSA) is 46.2 Å². The third kappa shape index (κ3) is 8.69. The zero-order chi connectivity index (χ0) is 21.2. The lowest BCUT2D eigenvalue weighted by molar-refractivity contribution is -0.123. The number of hydrogen-bond donors (Lipinski definition) is 1. The Morgan fingerprint density at radius 1 is 1.11 bits per heavy atom. The molecule has 154 valence electrons. The summed E-state index contributed by atoms with van der Waals surface area (Å²) in [6.07, 6.45) is 16.2. The van der Waals surface area contributed by atoms with E-state index in [4.69, 9.17) is 0 Å². The minimum absolute atomic E-state index is 0.0176. The van der Waals surface area contributed by atoms with E-state index < -0.39 is 0 Å². The van der Waals surface area contributed by atoms with Crippen LogP contribution in [0.2, 0.25) is 0 Å². The molecule has 0 bridgehead atoms. The number of rotatable bonds is 9. The Balaban J connectivity index is 2.62. The number of ketones is 1. The van der Waals surface area contributed by atoms with E-state index in [1.807, 2.05) is 26.0 Å². The van der Waals surface area contributed by atoms with E-state index in [0.29, 0.717) is 6.54 Å². The molecule has 1 aliphatic rings. The Kier molecular flexibility index (Phi) is 9.92. The molecular formula is C25H37NO2. The highest BCUT2D eigenvalue weighted by molar-refractivity contribution is 5.93. The highest BCUT2D eigenvalue weighted by Gasteiger charge is 2.26. The molecule has 0 aromatic carbocycles. The van der Waals surface area contributed by atoms with Gasteiger partial charge in [0, 0.05) is 19.4 Å². The van der Waals surface area contributed by atoms with Gasteiger partial charge in [-0.3, -0.25) is 9.59 Å². The van der Waals surface area contributed by atoms with E-state index in [-0.39, 0.29) is 29.9 Å². The van der Waals surface area contributed by atoms with E-state index >= 15 is 0 Å². The number of hydrogen-bond acceptors (Lipinski definition) is 2. The van der Waals surface area contributed by atoms with Gasteiger partial charge in [0.1, 0.15) is 0 Å². The van der Waals surface area contributed by atoms with Crippen molar-refractivity contribution in [1.29, 1.82) is 0 Å². The van der Waals surface area contributed by atoms with Crippen molar-refractivity contribution in [1.82, 2.24) is 5.32 Å². The van der Waals surface area contributed by atoms with Crippen molar-refractivity contribution in [2.45, 2.75) is 73.6 Å². The Morgan fingerprint density at radius 2 is 1.82 bits per heavy atom. The SMILES string of the molecule is CCNC(=O)CCC(=O)/C=C(C)/C=C/C=C(C)/C=C/C1=C(C)CCCC1(C)C. The average Bonchev–Trinajstić information content (AvgIpc) is 2.59. The lowest BCUT2D eigenvalue weighted by atomic mass is 9.72. The number of carbonyl (C=O) groups excluding carboxylic acids is 2. The van der Waals surface area contributed by atoms with Crippen molar-refractivity contribution in [2.75, 3.05) is 6.54 Å². The van der Waals surface area contributed by atoms with Gasteiger partial charge in [-0.1, -0.05) is 55.4 Å². The van der Waals surface area contributed by atoms with Gasteiger partial charge in [0.15, 0.2) is 5.78 Å². The quantitative estimate of drug-likeness (QED) is 0.392. The van der Waals surface area contributed by atoms with Crippen LogP contribution >= 0.6 is 0 Å². The number of nitrogens with one attached hydrogen (secondary N) is 1. The van der Waals surface area contributed by atoms with Gasteiger partial charge in [0.25, 0.3) is 0 Å². The lowest BCUT2D eigenvalue weighted by Gasteiger charge is -2.32. The number of amides is 1. The zero-order valence-corrected chi connectivity index (χ0v) is 18.5. The van der Waals surface area contributed by atoms with Crippen molar-refractivity contribution in [3.05, 3.63) is 58.7 Å². The second-order valence-corrected chi connectivity index (χ2v) is 8.34. The van der Waals surface area contributed by atoms with Crippen LogP contribution in [0.25, 0.3) is 0 Å². The third-order valence-corrected chi connectivity index (χ3v) is 5.13. The minimum atomic E-state index is -0.0747. The minimum Gasteiger partial charge on any atom is -0.356 e. The standard InChI is InChI=1S/C25H37NO2/c1-7-26-24(28)16-14-22(27)18-20(3)11-8-10-19(2)13-15-23-21(4)12-9-17-25(23,5)6/h8,10-11,13,15,18H,7,9,12,14,16-17H2,1-6H3,(H,26,28)/b11-8+,15-13+,19-10+,20-18+. The molecule has 0 aliphatic heterocycles. The highest BCUT2D eigenvalue weighted by Crippen LogP contribution is 2.40. The van der Waals surface area contributed by atoms with Crippen LogP contribution in [-0.2, 0) is 9.59 Å². The molecule has 3 heteroatoms. The van der Waals surface area contributed by atoms with Gasteiger partial charge in [-0.15, -0.1) is 0 Å². The molecule has 0 aromatic heterocycles. The monoisotopic (exact) mass is 383 g/mol. The third-order valence-electron chi connectivity index (χ3n) is 5.13. The summed E-state index contributed by atoms with van der Waals surface area (Å²) in [5.74, 6) is -0.0924. The molecule has 0 radical (unpaired) electrons. The molecule has 1 aliphatic carbocycles. The van der Waals surface area contributed by atoms with Crippen LogP contribution < -0.4 is 5.32 Å². The highest BCUT2D eigenvalue weighted by atomic mass is 16.2. The summed E-state index contributed by atoms with van der Waals surface area (Å²) >= 11 is 0. The largest absolute Gasteiger partial charge is 0.356 e. The van der Waals surface area contributed by atoms with Crippen molar-refractivity contribution in [3.63, 3.8) is 0 Å². The maximum absolute atomic E-state index is 11.9. The van der Waals surface area contributed by atoms with Gasteiger partial charge in [-0.25, -0.2) is 0 Å². The normalized spacial score (nSPS) is 18.2. The van der Waals surface area contributed by atoms with E-state index in [0.717, 1.165) is 5.57 Å². The fourth-order valence-electron chi connectivity index (χ4n) is 3.53. The summed E-state index contributed by atoms with van der Waals surface area (Å²) in [4.78, 5) is 23.3. The van der Waals surface area contributed by atoms with Gasteiger partial charge in [0.2, 0.25) is 5.91 Å². The van der Waals surface area contributed by atoms with E-state index in [9.17, 15) is 9.59 Å². The molecule has 0 saturated heterocycles. The molecule has 28 heavy (non-hydrogen) atoms.